The van der Waals surface area contributed by atoms with Crippen molar-refractivity contribution >= 4 is 0 Å². The molecular formula is C18H29N3. The average molecular weight is 287 g/mol. The van der Waals surface area contributed by atoms with E-state index in [1.165, 1.54) is 44.6 Å². The van der Waals surface area contributed by atoms with Gasteiger partial charge in [0.25, 0.3) is 0 Å². The average Bonchev–Trinajstić information content (AvgIpc) is 2.57. The van der Waals surface area contributed by atoms with Gasteiger partial charge in [-0.3, -0.25) is 0 Å². The fraction of sp³-hybridized carbons (Fsp3) is 0.667. The maximum atomic E-state index is 3.67. The lowest BCUT2D eigenvalue weighted by molar-refractivity contribution is 0.0855. The summed E-state index contributed by atoms with van der Waals surface area (Å²) < 4.78 is 0. The minimum absolute atomic E-state index is 0.386. The molecule has 2 heterocycles. The Bertz CT molecular complexity index is 419. The maximum Gasteiger partial charge on any atom is 0.0108 e. The third kappa shape index (κ3) is 3.47. The monoisotopic (exact) mass is 287 g/mol. The van der Waals surface area contributed by atoms with Crippen LogP contribution in [0.3, 0.4) is 0 Å². The van der Waals surface area contributed by atoms with Crippen molar-refractivity contribution in [3.05, 3.63) is 35.9 Å². The van der Waals surface area contributed by atoms with Crippen LogP contribution in [0.1, 0.15) is 31.2 Å². The van der Waals surface area contributed by atoms with Gasteiger partial charge in [-0.2, -0.15) is 0 Å². The predicted molar refractivity (Wildman–Crippen MR) is 88.7 cm³/mol. The third-order valence-corrected chi connectivity index (χ3v) is 5.47. The van der Waals surface area contributed by atoms with Crippen LogP contribution in [0.2, 0.25) is 0 Å². The van der Waals surface area contributed by atoms with Crippen molar-refractivity contribution in [1.82, 2.24) is 15.5 Å². The standard InChI is InChI=1S/C18H29N3/c1-16(17-6-3-2-4-7-17)18(8-5-9-20-14-18)15-21-12-10-19-11-13-21/h2-4,6-7,16,19-20H,5,8-15H2,1H3. The normalized spacial score (nSPS) is 29.2. The lowest BCUT2D eigenvalue weighted by Crippen LogP contribution is -2.54. The minimum atomic E-state index is 0.386. The predicted octanol–water partition coefficient (Wildman–Crippen LogP) is 2.07. The summed E-state index contributed by atoms with van der Waals surface area (Å²) in [6, 6.07) is 11.1. The van der Waals surface area contributed by atoms with E-state index in [2.05, 4.69) is 52.8 Å². The molecule has 2 unspecified atom stereocenters. The smallest absolute Gasteiger partial charge is 0.0108 e. The van der Waals surface area contributed by atoms with Gasteiger partial charge in [-0.1, -0.05) is 37.3 Å². The summed E-state index contributed by atoms with van der Waals surface area (Å²) in [6.07, 6.45) is 2.66. The molecule has 3 heteroatoms. The lowest BCUT2D eigenvalue weighted by atomic mass is 9.68. The summed E-state index contributed by atoms with van der Waals surface area (Å²) >= 11 is 0. The second kappa shape index (κ2) is 6.91. The lowest BCUT2D eigenvalue weighted by Gasteiger charge is -2.46. The molecule has 3 rings (SSSR count). The van der Waals surface area contributed by atoms with E-state index < -0.39 is 0 Å². The first-order valence-corrected chi connectivity index (χ1v) is 8.49. The number of hydrogen-bond donors (Lipinski definition) is 2. The van der Waals surface area contributed by atoms with E-state index in [9.17, 15) is 0 Å². The first-order chi connectivity index (χ1) is 10.3. The van der Waals surface area contributed by atoms with Gasteiger partial charge in [-0.15, -0.1) is 0 Å². The Morgan fingerprint density at radius 3 is 2.52 bits per heavy atom. The van der Waals surface area contributed by atoms with Gasteiger partial charge < -0.3 is 15.5 Å². The Labute approximate surface area is 129 Å². The second-order valence-corrected chi connectivity index (χ2v) is 6.80. The third-order valence-electron chi connectivity index (χ3n) is 5.47. The number of piperidine rings is 1. The Kier molecular flexibility index (Phi) is 4.94. The van der Waals surface area contributed by atoms with Gasteiger partial charge in [0.15, 0.2) is 0 Å². The number of piperazine rings is 1. The van der Waals surface area contributed by atoms with E-state index in [-0.39, 0.29) is 0 Å². The highest BCUT2D eigenvalue weighted by Crippen LogP contribution is 2.41. The van der Waals surface area contributed by atoms with E-state index in [0.29, 0.717) is 11.3 Å². The molecule has 2 aliphatic rings. The highest BCUT2D eigenvalue weighted by atomic mass is 15.2. The van der Waals surface area contributed by atoms with Crippen molar-refractivity contribution in [1.29, 1.82) is 0 Å². The molecule has 2 atom stereocenters. The minimum Gasteiger partial charge on any atom is -0.316 e. The van der Waals surface area contributed by atoms with Crippen LogP contribution >= 0.6 is 0 Å². The van der Waals surface area contributed by atoms with Crippen LogP contribution in [-0.2, 0) is 0 Å². The van der Waals surface area contributed by atoms with Gasteiger partial charge in [0.2, 0.25) is 0 Å². The van der Waals surface area contributed by atoms with E-state index in [1.807, 2.05) is 0 Å². The fourth-order valence-electron chi connectivity index (χ4n) is 4.04. The Morgan fingerprint density at radius 1 is 1.10 bits per heavy atom. The van der Waals surface area contributed by atoms with Crippen LogP contribution < -0.4 is 10.6 Å². The molecule has 1 aromatic rings. The molecule has 0 aliphatic carbocycles. The number of nitrogens with zero attached hydrogens (tertiary/aromatic N) is 1. The van der Waals surface area contributed by atoms with E-state index in [0.717, 1.165) is 19.6 Å². The molecular weight excluding hydrogens is 258 g/mol. The van der Waals surface area contributed by atoms with Gasteiger partial charge in [0, 0.05) is 44.7 Å². The molecule has 116 valence electrons. The Morgan fingerprint density at radius 2 is 1.86 bits per heavy atom. The van der Waals surface area contributed by atoms with E-state index >= 15 is 0 Å². The molecule has 2 aliphatic heterocycles. The van der Waals surface area contributed by atoms with Crippen LogP contribution in [0.5, 0.6) is 0 Å². The number of benzene rings is 1. The first kappa shape index (κ1) is 15.0. The Hall–Kier alpha value is -0.900. The number of rotatable bonds is 4. The topological polar surface area (TPSA) is 27.3 Å². The largest absolute Gasteiger partial charge is 0.316 e. The van der Waals surface area contributed by atoms with Crippen LogP contribution in [0.25, 0.3) is 0 Å². The van der Waals surface area contributed by atoms with Gasteiger partial charge in [-0.25, -0.2) is 0 Å². The maximum absolute atomic E-state index is 3.67. The van der Waals surface area contributed by atoms with Crippen LogP contribution in [-0.4, -0.2) is 50.7 Å². The molecule has 3 nitrogen and oxygen atoms in total. The molecule has 0 amide bonds. The van der Waals surface area contributed by atoms with Gasteiger partial charge in [0.1, 0.15) is 0 Å². The van der Waals surface area contributed by atoms with Crippen molar-refractivity contribution in [3.8, 4) is 0 Å². The zero-order chi connectivity index (χ0) is 14.5. The van der Waals surface area contributed by atoms with Gasteiger partial charge >= 0.3 is 0 Å². The molecule has 0 radical (unpaired) electrons. The van der Waals surface area contributed by atoms with Crippen molar-refractivity contribution in [3.63, 3.8) is 0 Å². The number of nitrogens with one attached hydrogen (secondary N) is 2. The molecule has 21 heavy (non-hydrogen) atoms. The molecule has 0 spiro atoms. The van der Waals surface area contributed by atoms with Gasteiger partial charge in [0.05, 0.1) is 0 Å². The molecule has 0 aromatic heterocycles. The fourth-order valence-corrected chi connectivity index (χ4v) is 4.04. The summed E-state index contributed by atoms with van der Waals surface area (Å²) in [5.41, 5.74) is 1.88. The summed E-state index contributed by atoms with van der Waals surface area (Å²) in [4.78, 5) is 2.67. The SMILES string of the molecule is CC(c1ccccc1)C1(CN2CCNCC2)CCCNC1. The quantitative estimate of drug-likeness (QED) is 0.888. The highest BCUT2D eigenvalue weighted by molar-refractivity contribution is 5.22. The zero-order valence-electron chi connectivity index (χ0n) is 13.3. The molecule has 0 bridgehead atoms. The van der Waals surface area contributed by atoms with Crippen LogP contribution in [0, 0.1) is 5.41 Å². The van der Waals surface area contributed by atoms with E-state index in [1.54, 1.807) is 0 Å². The highest BCUT2D eigenvalue weighted by Gasteiger charge is 2.39. The summed E-state index contributed by atoms with van der Waals surface area (Å²) in [5.74, 6) is 0.612. The van der Waals surface area contributed by atoms with Crippen molar-refractivity contribution in [2.75, 3.05) is 45.8 Å². The molecule has 0 saturated carbocycles. The first-order valence-electron chi connectivity index (χ1n) is 8.49. The summed E-state index contributed by atoms with van der Waals surface area (Å²) in [7, 11) is 0. The Balaban J connectivity index is 1.78. The summed E-state index contributed by atoms with van der Waals surface area (Å²) in [5, 5.41) is 7.14. The zero-order valence-corrected chi connectivity index (χ0v) is 13.3. The second-order valence-electron chi connectivity index (χ2n) is 6.80. The molecule has 1 aromatic carbocycles. The van der Waals surface area contributed by atoms with Crippen molar-refractivity contribution in [2.45, 2.75) is 25.7 Å². The molecule has 2 N–H and O–H groups in total. The molecule has 2 saturated heterocycles. The van der Waals surface area contributed by atoms with Crippen molar-refractivity contribution in [2.24, 2.45) is 5.41 Å². The van der Waals surface area contributed by atoms with Crippen molar-refractivity contribution < 1.29 is 0 Å². The number of hydrogen-bond acceptors (Lipinski definition) is 3. The van der Waals surface area contributed by atoms with Crippen LogP contribution in [0.4, 0.5) is 0 Å². The van der Waals surface area contributed by atoms with Gasteiger partial charge in [-0.05, 0) is 30.9 Å². The van der Waals surface area contributed by atoms with Crippen LogP contribution in [0.15, 0.2) is 30.3 Å². The summed E-state index contributed by atoms with van der Waals surface area (Å²) in [6.45, 7) is 10.7. The molecule has 2 fully saturated rings. The van der Waals surface area contributed by atoms with E-state index in [4.69, 9.17) is 0 Å².